The lowest BCUT2D eigenvalue weighted by Gasteiger charge is -2.34. The highest BCUT2D eigenvalue weighted by Crippen LogP contribution is 2.21. The summed E-state index contributed by atoms with van der Waals surface area (Å²) < 4.78 is 0. The first-order valence-corrected chi connectivity index (χ1v) is 9.20. The van der Waals surface area contributed by atoms with E-state index in [0.29, 0.717) is 6.54 Å². The van der Waals surface area contributed by atoms with Crippen LogP contribution in [0.5, 0.6) is 0 Å². The molecule has 1 aliphatic heterocycles. The first-order valence-electron chi connectivity index (χ1n) is 8.32. The molecule has 0 bridgehead atoms. The Morgan fingerprint density at radius 2 is 1.83 bits per heavy atom. The molecule has 2 heterocycles. The van der Waals surface area contributed by atoms with Crippen molar-refractivity contribution in [2.24, 2.45) is 0 Å². The first-order chi connectivity index (χ1) is 11.6. The minimum Gasteiger partial charge on any atom is -0.352 e. The van der Waals surface area contributed by atoms with Gasteiger partial charge in [0.25, 0.3) is 0 Å². The molecule has 0 unspecified atom stereocenters. The van der Waals surface area contributed by atoms with Gasteiger partial charge in [0.2, 0.25) is 5.91 Å². The van der Waals surface area contributed by atoms with Crippen LogP contribution in [0.15, 0.2) is 29.6 Å². The average molecular weight is 344 g/mol. The van der Waals surface area contributed by atoms with E-state index in [-0.39, 0.29) is 5.91 Å². The molecule has 5 nitrogen and oxygen atoms in total. The summed E-state index contributed by atoms with van der Waals surface area (Å²) in [7, 11) is 0. The maximum Gasteiger partial charge on any atom is 0.217 e. The van der Waals surface area contributed by atoms with Crippen LogP contribution in [0.2, 0.25) is 0 Å². The van der Waals surface area contributed by atoms with Gasteiger partial charge in [-0.05, 0) is 18.1 Å². The van der Waals surface area contributed by atoms with Crippen LogP contribution in [0.3, 0.4) is 0 Å². The SMILES string of the molecule is CC(=O)NCc1ccc(CN2CCN(c3nc(C)cs3)CC2)cc1. The molecule has 128 valence electrons. The highest BCUT2D eigenvalue weighted by Gasteiger charge is 2.19. The monoisotopic (exact) mass is 344 g/mol. The normalized spacial score (nSPS) is 15.5. The summed E-state index contributed by atoms with van der Waals surface area (Å²) in [5.41, 5.74) is 3.56. The molecule has 1 amide bonds. The van der Waals surface area contributed by atoms with Gasteiger partial charge < -0.3 is 10.2 Å². The Morgan fingerprint density at radius 1 is 1.17 bits per heavy atom. The largest absolute Gasteiger partial charge is 0.352 e. The molecule has 1 fully saturated rings. The number of aromatic nitrogens is 1. The van der Waals surface area contributed by atoms with Crippen LogP contribution in [-0.4, -0.2) is 42.0 Å². The summed E-state index contributed by atoms with van der Waals surface area (Å²) in [4.78, 5) is 20.4. The lowest BCUT2D eigenvalue weighted by molar-refractivity contribution is -0.119. The number of piperazine rings is 1. The number of rotatable bonds is 5. The second kappa shape index (κ2) is 7.77. The van der Waals surface area contributed by atoms with Crippen LogP contribution in [0, 0.1) is 6.92 Å². The third kappa shape index (κ3) is 4.55. The number of benzene rings is 1. The number of aryl methyl sites for hydroxylation is 1. The minimum absolute atomic E-state index is 0.00683. The molecule has 0 aliphatic carbocycles. The maximum absolute atomic E-state index is 11.0. The third-order valence-electron chi connectivity index (χ3n) is 4.22. The number of nitrogens with one attached hydrogen (secondary N) is 1. The van der Waals surface area contributed by atoms with Crippen LogP contribution >= 0.6 is 11.3 Å². The molecule has 0 spiro atoms. The van der Waals surface area contributed by atoms with Gasteiger partial charge in [0.1, 0.15) is 0 Å². The molecule has 1 N–H and O–H groups in total. The number of nitrogens with zero attached hydrogens (tertiary/aromatic N) is 3. The van der Waals surface area contributed by atoms with Gasteiger partial charge in [-0.2, -0.15) is 0 Å². The Kier molecular flexibility index (Phi) is 5.48. The van der Waals surface area contributed by atoms with Crippen molar-refractivity contribution < 1.29 is 4.79 Å². The zero-order chi connectivity index (χ0) is 16.9. The molecular formula is C18H24N4OS. The van der Waals surface area contributed by atoms with Crippen molar-refractivity contribution in [2.75, 3.05) is 31.1 Å². The summed E-state index contributed by atoms with van der Waals surface area (Å²) in [6.07, 6.45) is 0. The molecule has 0 radical (unpaired) electrons. The summed E-state index contributed by atoms with van der Waals surface area (Å²) in [5, 5.41) is 6.09. The summed E-state index contributed by atoms with van der Waals surface area (Å²) in [6, 6.07) is 8.52. The van der Waals surface area contributed by atoms with E-state index in [1.54, 1.807) is 18.3 Å². The molecule has 1 aliphatic rings. The first kappa shape index (κ1) is 16.9. The van der Waals surface area contributed by atoms with Crippen LogP contribution < -0.4 is 10.2 Å². The van der Waals surface area contributed by atoms with Gasteiger partial charge in [0.15, 0.2) is 5.13 Å². The van der Waals surface area contributed by atoms with Gasteiger partial charge in [-0.15, -0.1) is 11.3 Å². The van der Waals surface area contributed by atoms with Crippen molar-refractivity contribution in [3.63, 3.8) is 0 Å². The lowest BCUT2D eigenvalue weighted by Crippen LogP contribution is -2.45. The van der Waals surface area contributed by atoms with Crippen LogP contribution in [-0.2, 0) is 17.9 Å². The summed E-state index contributed by atoms with van der Waals surface area (Å²) in [5.74, 6) is 0.00683. The quantitative estimate of drug-likeness (QED) is 0.905. The fourth-order valence-electron chi connectivity index (χ4n) is 2.83. The van der Waals surface area contributed by atoms with E-state index in [2.05, 4.69) is 49.7 Å². The number of hydrogen-bond donors (Lipinski definition) is 1. The van der Waals surface area contributed by atoms with E-state index in [4.69, 9.17) is 0 Å². The van der Waals surface area contributed by atoms with Crippen molar-refractivity contribution in [3.8, 4) is 0 Å². The second-order valence-electron chi connectivity index (χ2n) is 6.26. The molecule has 24 heavy (non-hydrogen) atoms. The Bertz CT molecular complexity index is 675. The highest BCUT2D eigenvalue weighted by molar-refractivity contribution is 7.13. The van der Waals surface area contributed by atoms with Gasteiger partial charge >= 0.3 is 0 Å². The van der Waals surface area contributed by atoms with E-state index in [1.807, 2.05) is 6.92 Å². The summed E-state index contributed by atoms with van der Waals surface area (Å²) in [6.45, 7) is 9.36. The van der Waals surface area contributed by atoms with Gasteiger partial charge in [0.05, 0.1) is 5.69 Å². The van der Waals surface area contributed by atoms with Gasteiger partial charge in [-0.1, -0.05) is 24.3 Å². The highest BCUT2D eigenvalue weighted by atomic mass is 32.1. The number of carbonyl (C=O) groups excluding carboxylic acids is 1. The lowest BCUT2D eigenvalue weighted by atomic mass is 10.1. The molecule has 3 rings (SSSR count). The van der Waals surface area contributed by atoms with Crippen molar-refractivity contribution >= 4 is 22.4 Å². The number of hydrogen-bond acceptors (Lipinski definition) is 5. The number of thiazole rings is 1. The van der Waals surface area contributed by atoms with Crippen LogP contribution in [0.4, 0.5) is 5.13 Å². The van der Waals surface area contributed by atoms with Crippen molar-refractivity contribution in [1.82, 2.24) is 15.2 Å². The predicted molar refractivity (Wildman–Crippen MR) is 98.3 cm³/mol. The average Bonchev–Trinajstić information content (AvgIpc) is 3.01. The zero-order valence-electron chi connectivity index (χ0n) is 14.3. The molecule has 0 atom stereocenters. The third-order valence-corrected chi connectivity index (χ3v) is 5.24. The van der Waals surface area contributed by atoms with Gasteiger partial charge in [0, 0.05) is 51.6 Å². The van der Waals surface area contributed by atoms with E-state index in [0.717, 1.165) is 49.1 Å². The fraction of sp³-hybridized carbons (Fsp3) is 0.444. The predicted octanol–water partition coefficient (Wildman–Crippen LogP) is 2.41. The van der Waals surface area contributed by atoms with E-state index in [1.165, 1.54) is 5.56 Å². The van der Waals surface area contributed by atoms with Crippen LogP contribution in [0.1, 0.15) is 23.7 Å². The molecule has 1 aromatic heterocycles. The Balaban J connectivity index is 1.48. The molecule has 2 aromatic rings. The van der Waals surface area contributed by atoms with E-state index in [9.17, 15) is 4.79 Å². The van der Waals surface area contributed by atoms with Crippen molar-refractivity contribution in [3.05, 3.63) is 46.5 Å². The molecule has 0 saturated carbocycles. The van der Waals surface area contributed by atoms with Gasteiger partial charge in [-0.25, -0.2) is 4.98 Å². The smallest absolute Gasteiger partial charge is 0.217 e. The van der Waals surface area contributed by atoms with E-state index < -0.39 is 0 Å². The Morgan fingerprint density at radius 3 is 2.42 bits per heavy atom. The fourth-order valence-corrected chi connectivity index (χ4v) is 3.69. The number of amides is 1. The van der Waals surface area contributed by atoms with Crippen LogP contribution in [0.25, 0.3) is 0 Å². The Hall–Kier alpha value is -1.92. The van der Waals surface area contributed by atoms with Gasteiger partial charge in [-0.3, -0.25) is 9.69 Å². The topological polar surface area (TPSA) is 48.5 Å². The Labute approximate surface area is 147 Å². The number of carbonyl (C=O) groups is 1. The van der Waals surface area contributed by atoms with Crippen molar-refractivity contribution in [2.45, 2.75) is 26.9 Å². The standard InChI is InChI=1S/C18H24N4OS/c1-14-13-24-18(20-14)22-9-7-21(8-10-22)12-17-5-3-16(4-6-17)11-19-15(2)23/h3-6,13H,7-12H2,1-2H3,(H,19,23). The molecule has 1 aromatic carbocycles. The second-order valence-corrected chi connectivity index (χ2v) is 7.10. The molecule has 1 saturated heterocycles. The molecule has 6 heteroatoms. The van der Waals surface area contributed by atoms with Crippen molar-refractivity contribution in [1.29, 1.82) is 0 Å². The summed E-state index contributed by atoms with van der Waals surface area (Å²) >= 11 is 1.74. The number of anilines is 1. The zero-order valence-corrected chi connectivity index (χ0v) is 15.1. The molecular weight excluding hydrogens is 320 g/mol. The minimum atomic E-state index is 0.00683. The maximum atomic E-state index is 11.0. The van der Waals surface area contributed by atoms with E-state index >= 15 is 0 Å².